The van der Waals surface area contributed by atoms with Crippen LogP contribution in [0.4, 0.5) is 8.78 Å². The molecule has 2 heterocycles. The van der Waals surface area contributed by atoms with E-state index in [4.69, 9.17) is 0 Å². The number of alkyl halides is 2. The van der Waals surface area contributed by atoms with E-state index in [1.807, 2.05) is 20.8 Å². The van der Waals surface area contributed by atoms with Crippen LogP contribution < -0.4 is 5.32 Å². The number of Topliss-reactive ketones (excluding diaryl/α,β-unsaturated/α-hetero) is 4. The minimum absolute atomic E-state index is 0.0185. The molecule has 5 rings (SSSR count). The molecular formula is C38H52F2N4O6. The van der Waals surface area contributed by atoms with Crippen molar-refractivity contribution in [2.24, 2.45) is 40.9 Å². The summed E-state index contributed by atoms with van der Waals surface area (Å²) in [7, 11) is 0. The van der Waals surface area contributed by atoms with Crippen molar-refractivity contribution in [1.82, 2.24) is 20.2 Å². The number of likely N-dealkylation sites (tertiary alicyclic amines) is 1. The molecule has 0 radical (unpaired) electrons. The van der Waals surface area contributed by atoms with Gasteiger partial charge in [-0.05, 0) is 67.6 Å². The van der Waals surface area contributed by atoms with E-state index in [0.29, 0.717) is 6.42 Å². The second-order valence-corrected chi connectivity index (χ2v) is 16.2. The number of hydrogen-bond acceptors (Lipinski definition) is 8. The van der Waals surface area contributed by atoms with E-state index in [0.717, 1.165) is 57.8 Å². The molecule has 1 saturated heterocycles. The number of amides is 2. The second kappa shape index (κ2) is 16.3. The minimum Gasteiger partial charge on any atom is -0.344 e. The fraction of sp³-hybridized carbons (Fsp3) is 0.737. The highest BCUT2D eigenvalue weighted by Gasteiger charge is 2.52. The van der Waals surface area contributed by atoms with Gasteiger partial charge >= 0.3 is 0 Å². The van der Waals surface area contributed by atoms with Gasteiger partial charge in [0.15, 0.2) is 17.3 Å². The number of fused-ring (bicyclic) bond motifs is 1. The lowest BCUT2D eigenvalue weighted by Crippen LogP contribution is -2.58. The summed E-state index contributed by atoms with van der Waals surface area (Å²) in [6.07, 6.45) is 8.44. The third kappa shape index (κ3) is 9.26. The molecule has 0 spiro atoms. The number of aromatic nitrogens is 2. The Kier molecular flexibility index (Phi) is 12.3. The first kappa shape index (κ1) is 37.8. The molecule has 1 aromatic rings. The van der Waals surface area contributed by atoms with E-state index in [2.05, 4.69) is 15.3 Å². The first-order chi connectivity index (χ1) is 23.7. The number of carbonyl (C=O) groups excluding carboxylic acids is 6. The van der Waals surface area contributed by atoms with Crippen LogP contribution in [-0.4, -0.2) is 74.9 Å². The van der Waals surface area contributed by atoms with Crippen LogP contribution in [0.2, 0.25) is 0 Å². The summed E-state index contributed by atoms with van der Waals surface area (Å²) in [6, 6.07) is -1.98. The van der Waals surface area contributed by atoms with Gasteiger partial charge in [-0.25, -0.2) is 13.8 Å². The zero-order valence-corrected chi connectivity index (χ0v) is 29.6. The number of nitrogens with zero attached hydrogens (tertiary/aromatic N) is 3. The summed E-state index contributed by atoms with van der Waals surface area (Å²) in [5.74, 6) is -5.49. The van der Waals surface area contributed by atoms with Crippen LogP contribution in [0.3, 0.4) is 0 Å². The first-order valence-electron chi connectivity index (χ1n) is 18.5. The highest BCUT2D eigenvalue weighted by atomic mass is 19.3. The highest BCUT2D eigenvalue weighted by molar-refractivity contribution is 6.38. The molecule has 1 aromatic heterocycles. The van der Waals surface area contributed by atoms with Gasteiger partial charge in [-0.3, -0.25) is 33.8 Å². The monoisotopic (exact) mass is 698 g/mol. The van der Waals surface area contributed by atoms with Crippen molar-refractivity contribution in [2.45, 2.75) is 129 Å². The topological polar surface area (TPSA) is 143 Å². The van der Waals surface area contributed by atoms with Gasteiger partial charge in [0.25, 0.3) is 0 Å². The maximum atomic E-state index is 14.6. The van der Waals surface area contributed by atoms with Gasteiger partial charge in [-0.2, -0.15) is 0 Å². The van der Waals surface area contributed by atoms with Crippen molar-refractivity contribution in [3.05, 3.63) is 24.3 Å². The van der Waals surface area contributed by atoms with Crippen LogP contribution >= 0.6 is 0 Å². The van der Waals surface area contributed by atoms with Crippen LogP contribution in [0.1, 0.15) is 121 Å². The van der Waals surface area contributed by atoms with E-state index in [9.17, 15) is 37.5 Å². The van der Waals surface area contributed by atoms with Crippen molar-refractivity contribution in [1.29, 1.82) is 0 Å². The molecule has 4 fully saturated rings. The molecule has 0 aromatic carbocycles. The maximum Gasteiger partial charge on any atom is 0.246 e. The van der Waals surface area contributed by atoms with E-state index < -0.39 is 77.8 Å². The fourth-order valence-corrected chi connectivity index (χ4v) is 8.54. The van der Waals surface area contributed by atoms with E-state index in [1.54, 1.807) is 0 Å². The molecule has 3 aliphatic carbocycles. The SMILES string of the molecule is CC(C)(C)[C@H](NC(=O)[C@H](CC(=O)c1cnccn1)C1CCCCC1)C(=O)N1C[C@@H]2CCC[C@@H]2C1C(=O)CC(CC(F)F)C(=O)C(=O)CC1CC1. The summed E-state index contributed by atoms with van der Waals surface area (Å²) in [5, 5.41) is 3.01. The van der Waals surface area contributed by atoms with Crippen molar-refractivity contribution >= 4 is 34.9 Å². The van der Waals surface area contributed by atoms with Gasteiger partial charge in [0.2, 0.25) is 24.0 Å². The van der Waals surface area contributed by atoms with E-state index in [1.165, 1.54) is 23.5 Å². The van der Waals surface area contributed by atoms with Gasteiger partial charge in [-0.1, -0.05) is 46.5 Å². The minimum atomic E-state index is -2.87. The summed E-state index contributed by atoms with van der Waals surface area (Å²) < 4.78 is 27.3. The molecule has 12 heteroatoms. The quantitative estimate of drug-likeness (QED) is 0.174. The van der Waals surface area contributed by atoms with Crippen LogP contribution in [-0.2, 0) is 24.0 Å². The standard InChI is InChI=1S/C38H52F2N4O6/c1-38(2,3)35(43-36(49)27(23-8-5-4-6-9-23)19-29(45)28-20-41-14-15-42-28)37(50)44-21-24-10-7-11-26(24)33(44)30(46)17-25(18-32(39)40)34(48)31(47)16-22-12-13-22/h14-15,20,22-27,32-33,35H,4-13,16-19,21H2,1-3H3,(H,43,49)/t24-,25?,26-,27+,33?,35+/m0/s1. The largest absolute Gasteiger partial charge is 0.344 e. The molecule has 6 atom stereocenters. The van der Waals surface area contributed by atoms with Gasteiger partial charge in [0.05, 0.1) is 12.2 Å². The molecule has 2 amide bonds. The number of hydrogen-bond donors (Lipinski definition) is 1. The Morgan fingerprint density at radius 3 is 2.26 bits per heavy atom. The maximum absolute atomic E-state index is 14.6. The lowest BCUT2D eigenvalue weighted by Gasteiger charge is -2.38. The molecule has 0 bridgehead atoms. The van der Waals surface area contributed by atoms with Gasteiger partial charge in [0.1, 0.15) is 11.7 Å². The van der Waals surface area contributed by atoms with Crippen LogP contribution in [0, 0.1) is 40.9 Å². The highest BCUT2D eigenvalue weighted by Crippen LogP contribution is 2.44. The summed E-state index contributed by atoms with van der Waals surface area (Å²) in [4.78, 5) is 91.5. The molecule has 1 N–H and O–H groups in total. The molecule has 2 unspecified atom stereocenters. The predicted octanol–water partition coefficient (Wildman–Crippen LogP) is 5.57. The van der Waals surface area contributed by atoms with Gasteiger partial charge < -0.3 is 10.2 Å². The Balaban J connectivity index is 1.36. The van der Waals surface area contributed by atoms with Gasteiger partial charge in [0, 0.05) is 56.5 Å². The molecule has 3 saturated carbocycles. The molecular weight excluding hydrogens is 646 g/mol. The van der Waals surface area contributed by atoms with Crippen LogP contribution in [0.5, 0.6) is 0 Å². The molecule has 4 aliphatic rings. The Bertz CT molecular complexity index is 1420. The second-order valence-electron chi connectivity index (χ2n) is 16.2. The number of nitrogens with one attached hydrogen (secondary N) is 1. The fourth-order valence-electron chi connectivity index (χ4n) is 8.54. The van der Waals surface area contributed by atoms with Crippen molar-refractivity contribution in [3.8, 4) is 0 Å². The smallest absolute Gasteiger partial charge is 0.246 e. The number of rotatable bonds is 16. The lowest BCUT2D eigenvalue weighted by molar-refractivity contribution is -0.146. The Hall–Kier alpha value is -3.44. The summed E-state index contributed by atoms with van der Waals surface area (Å²) >= 11 is 0. The van der Waals surface area contributed by atoms with E-state index >= 15 is 0 Å². The molecule has 10 nitrogen and oxygen atoms in total. The normalized spacial score (nSPS) is 24.4. The summed E-state index contributed by atoms with van der Waals surface area (Å²) in [6.45, 7) is 5.76. The Morgan fingerprint density at radius 1 is 0.920 bits per heavy atom. The lowest BCUT2D eigenvalue weighted by atomic mass is 9.76. The zero-order valence-electron chi connectivity index (χ0n) is 29.6. The Labute approximate surface area is 293 Å². The van der Waals surface area contributed by atoms with Crippen molar-refractivity contribution in [2.75, 3.05) is 6.54 Å². The van der Waals surface area contributed by atoms with Crippen molar-refractivity contribution in [3.63, 3.8) is 0 Å². The third-order valence-corrected chi connectivity index (χ3v) is 11.4. The number of ketones is 4. The van der Waals surface area contributed by atoms with E-state index in [-0.39, 0.29) is 54.5 Å². The average molecular weight is 699 g/mol. The molecule has 274 valence electrons. The third-order valence-electron chi connectivity index (χ3n) is 11.4. The predicted molar refractivity (Wildman–Crippen MR) is 180 cm³/mol. The molecule has 1 aliphatic heterocycles. The van der Waals surface area contributed by atoms with Crippen LogP contribution in [0.25, 0.3) is 0 Å². The summed E-state index contributed by atoms with van der Waals surface area (Å²) in [5.41, 5.74) is -0.611. The Morgan fingerprint density at radius 2 is 1.64 bits per heavy atom. The zero-order chi connectivity index (χ0) is 36.2. The average Bonchev–Trinajstić information content (AvgIpc) is 3.65. The van der Waals surface area contributed by atoms with Crippen molar-refractivity contribution < 1.29 is 37.5 Å². The molecule has 50 heavy (non-hydrogen) atoms. The van der Waals surface area contributed by atoms with Gasteiger partial charge in [-0.15, -0.1) is 0 Å². The first-order valence-corrected chi connectivity index (χ1v) is 18.5. The number of halogens is 2. The van der Waals surface area contributed by atoms with Crippen LogP contribution in [0.15, 0.2) is 18.6 Å². The number of carbonyl (C=O) groups is 6.